The van der Waals surface area contributed by atoms with E-state index in [9.17, 15) is 18.3 Å². The molecule has 0 aliphatic carbocycles. The monoisotopic (exact) mass is 313 g/mol. The lowest BCUT2D eigenvalue weighted by molar-refractivity contribution is 0.0465. The van der Waals surface area contributed by atoms with E-state index < -0.39 is 21.5 Å². The third-order valence-corrected chi connectivity index (χ3v) is 5.25. The molecule has 2 rings (SSSR count). The van der Waals surface area contributed by atoms with Gasteiger partial charge in [0.1, 0.15) is 6.61 Å². The third-order valence-electron chi connectivity index (χ3n) is 3.36. The maximum Gasteiger partial charge on any atom is 0.407 e. The van der Waals surface area contributed by atoms with Crippen molar-refractivity contribution in [1.82, 2.24) is 5.32 Å². The van der Waals surface area contributed by atoms with Gasteiger partial charge in [-0.05, 0) is 18.4 Å². The number of carbonyl (C=O) groups is 1. The zero-order valence-electron chi connectivity index (χ0n) is 11.6. The molecule has 1 saturated heterocycles. The van der Waals surface area contributed by atoms with E-state index in [1.165, 1.54) is 0 Å². The Morgan fingerprint density at radius 3 is 2.71 bits per heavy atom. The summed E-state index contributed by atoms with van der Waals surface area (Å²) in [6.45, 7) is 0.00323. The number of hydrogen-bond donors (Lipinski definition) is 2. The molecule has 1 heterocycles. The van der Waals surface area contributed by atoms with Crippen LogP contribution in [0.2, 0.25) is 0 Å². The van der Waals surface area contributed by atoms with Gasteiger partial charge in [0.25, 0.3) is 0 Å². The van der Waals surface area contributed by atoms with Crippen LogP contribution in [-0.2, 0) is 21.2 Å². The number of ether oxygens (including phenoxy) is 1. The first-order chi connectivity index (χ1) is 9.89. The number of rotatable bonds is 4. The molecule has 1 aromatic rings. The molecule has 1 aliphatic rings. The van der Waals surface area contributed by atoms with Crippen LogP contribution in [0.15, 0.2) is 30.3 Å². The van der Waals surface area contributed by atoms with Crippen LogP contribution < -0.4 is 5.32 Å². The number of benzene rings is 1. The maximum atomic E-state index is 11.6. The molecule has 0 bridgehead atoms. The SMILES string of the molecule is O=C(NCC1(O)CCCS(=O)(=O)C1)OCc1ccccc1. The molecule has 1 atom stereocenters. The third kappa shape index (κ3) is 5.02. The van der Waals surface area contributed by atoms with Gasteiger partial charge in [0.05, 0.1) is 23.7 Å². The van der Waals surface area contributed by atoms with Gasteiger partial charge < -0.3 is 15.2 Å². The largest absolute Gasteiger partial charge is 0.445 e. The van der Waals surface area contributed by atoms with Gasteiger partial charge in [-0.3, -0.25) is 0 Å². The molecular formula is C14H19NO5S. The molecule has 2 N–H and O–H groups in total. The summed E-state index contributed by atoms with van der Waals surface area (Å²) in [7, 11) is -3.24. The van der Waals surface area contributed by atoms with E-state index in [-0.39, 0.29) is 24.7 Å². The summed E-state index contributed by atoms with van der Waals surface area (Å²) in [5.74, 6) is -0.229. The van der Waals surface area contributed by atoms with Gasteiger partial charge in [-0.1, -0.05) is 30.3 Å². The second-order valence-electron chi connectivity index (χ2n) is 5.34. The molecule has 1 unspecified atom stereocenters. The van der Waals surface area contributed by atoms with Gasteiger partial charge in [0.2, 0.25) is 0 Å². The van der Waals surface area contributed by atoms with Gasteiger partial charge in [-0.25, -0.2) is 13.2 Å². The first-order valence-corrected chi connectivity index (χ1v) is 8.58. The van der Waals surface area contributed by atoms with Crippen molar-refractivity contribution < 1.29 is 23.1 Å². The van der Waals surface area contributed by atoms with E-state index in [1.807, 2.05) is 30.3 Å². The van der Waals surface area contributed by atoms with Crippen molar-refractivity contribution in [2.45, 2.75) is 25.0 Å². The Kier molecular flexibility index (Phi) is 4.84. The second-order valence-corrected chi connectivity index (χ2v) is 7.52. The van der Waals surface area contributed by atoms with Crippen LogP contribution in [0.25, 0.3) is 0 Å². The van der Waals surface area contributed by atoms with Crippen LogP contribution >= 0.6 is 0 Å². The minimum absolute atomic E-state index is 0.0910. The molecule has 0 spiro atoms. The smallest absolute Gasteiger partial charge is 0.407 e. The molecule has 116 valence electrons. The Balaban J connectivity index is 1.78. The fourth-order valence-electron chi connectivity index (χ4n) is 2.33. The number of hydrogen-bond acceptors (Lipinski definition) is 5. The Labute approximate surface area is 124 Å². The number of aliphatic hydroxyl groups is 1. The van der Waals surface area contributed by atoms with Crippen LogP contribution in [-0.4, -0.2) is 43.3 Å². The molecule has 1 aliphatic heterocycles. The lowest BCUT2D eigenvalue weighted by atomic mass is 10.0. The highest BCUT2D eigenvalue weighted by Crippen LogP contribution is 2.22. The van der Waals surface area contributed by atoms with Crippen LogP contribution in [0.4, 0.5) is 4.79 Å². The van der Waals surface area contributed by atoms with Gasteiger partial charge in [0, 0.05) is 0 Å². The average molecular weight is 313 g/mol. The molecule has 0 saturated carbocycles. The topological polar surface area (TPSA) is 92.7 Å². The van der Waals surface area contributed by atoms with E-state index in [2.05, 4.69) is 5.32 Å². The molecule has 1 aromatic carbocycles. The molecule has 0 radical (unpaired) electrons. The maximum absolute atomic E-state index is 11.6. The number of sulfone groups is 1. The van der Waals surface area contributed by atoms with Crippen molar-refractivity contribution in [2.75, 3.05) is 18.1 Å². The number of nitrogens with one attached hydrogen (secondary N) is 1. The van der Waals surface area contributed by atoms with Crippen molar-refractivity contribution in [2.24, 2.45) is 0 Å². The molecule has 1 amide bonds. The molecule has 1 fully saturated rings. The van der Waals surface area contributed by atoms with Gasteiger partial charge in [0.15, 0.2) is 9.84 Å². The standard InChI is InChI=1S/C14H19NO5S/c16-13(20-9-12-5-2-1-3-6-12)15-10-14(17)7-4-8-21(18,19)11-14/h1-3,5-6,17H,4,7-11H2,(H,15,16). The predicted molar refractivity (Wildman–Crippen MR) is 77.5 cm³/mol. The Morgan fingerprint density at radius 1 is 1.33 bits per heavy atom. The van der Waals surface area contributed by atoms with Crippen molar-refractivity contribution in [3.05, 3.63) is 35.9 Å². The molecular weight excluding hydrogens is 294 g/mol. The van der Waals surface area contributed by atoms with E-state index in [4.69, 9.17) is 4.74 Å². The zero-order chi connectivity index (χ0) is 15.3. The highest BCUT2D eigenvalue weighted by Gasteiger charge is 2.37. The lowest BCUT2D eigenvalue weighted by Gasteiger charge is -2.31. The summed E-state index contributed by atoms with van der Waals surface area (Å²) in [5.41, 5.74) is -0.547. The van der Waals surface area contributed by atoms with Crippen LogP contribution in [0.1, 0.15) is 18.4 Å². The fraction of sp³-hybridized carbons (Fsp3) is 0.500. The minimum atomic E-state index is -3.24. The zero-order valence-corrected chi connectivity index (χ0v) is 12.4. The van der Waals surface area contributed by atoms with Crippen LogP contribution in [0.3, 0.4) is 0 Å². The number of amides is 1. The van der Waals surface area contributed by atoms with E-state index in [1.54, 1.807) is 0 Å². The van der Waals surface area contributed by atoms with Crippen molar-refractivity contribution >= 4 is 15.9 Å². The molecule has 0 aromatic heterocycles. The summed E-state index contributed by atoms with van der Waals surface area (Å²) < 4.78 is 28.0. The highest BCUT2D eigenvalue weighted by atomic mass is 32.2. The van der Waals surface area contributed by atoms with Crippen molar-refractivity contribution in [3.8, 4) is 0 Å². The van der Waals surface area contributed by atoms with Crippen molar-refractivity contribution in [3.63, 3.8) is 0 Å². The van der Waals surface area contributed by atoms with E-state index in [0.717, 1.165) is 5.56 Å². The molecule has 7 heteroatoms. The van der Waals surface area contributed by atoms with E-state index in [0.29, 0.717) is 12.8 Å². The second kappa shape index (κ2) is 6.44. The summed E-state index contributed by atoms with van der Waals surface area (Å²) in [4.78, 5) is 11.6. The highest BCUT2D eigenvalue weighted by molar-refractivity contribution is 7.91. The Hall–Kier alpha value is -1.60. The average Bonchev–Trinajstić information content (AvgIpc) is 2.43. The number of carbonyl (C=O) groups excluding carboxylic acids is 1. The quantitative estimate of drug-likeness (QED) is 0.860. The first-order valence-electron chi connectivity index (χ1n) is 6.76. The molecule has 21 heavy (non-hydrogen) atoms. The molecule has 6 nitrogen and oxygen atoms in total. The van der Waals surface area contributed by atoms with Crippen LogP contribution in [0, 0.1) is 0 Å². The van der Waals surface area contributed by atoms with Crippen molar-refractivity contribution in [1.29, 1.82) is 0 Å². The summed E-state index contributed by atoms with van der Waals surface area (Å²) in [5, 5.41) is 12.6. The van der Waals surface area contributed by atoms with Gasteiger partial charge >= 0.3 is 6.09 Å². The summed E-state index contributed by atoms with van der Waals surface area (Å²) >= 11 is 0. The minimum Gasteiger partial charge on any atom is -0.445 e. The van der Waals surface area contributed by atoms with Crippen LogP contribution in [0.5, 0.6) is 0 Å². The normalized spacial score (nSPS) is 24.2. The number of alkyl carbamates (subject to hydrolysis) is 1. The van der Waals surface area contributed by atoms with Gasteiger partial charge in [-0.2, -0.15) is 0 Å². The summed E-state index contributed by atoms with van der Waals surface area (Å²) in [6.07, 6.45) is 0.0837. The lowest BCUT2D eigenvalue weighted by Crippen LogP contribution is -2.50. The van der Waals surface area contributed by atoms with Gasteiger partial charge in [-0.15, -0.1) is 0 Å². The fourth-order valence-corrected chi connectivity index (χ4v) is 4.12. The predicted octanol–water partition coefficient (Wildman–Crippen LogP) is 0.852. The Morgan fingerprint density at radius 2 is 2.05 bits per heavy atom. The summed E-state index contributed by atoms with van der Waals surface area (Å²) in [6, 6.07) is 9.20. The van der Waals surface area contributed by atoms with E-state index >= 15 is 0 Å². The first kappa shape index (κ1) is 15.8. The Bertz CT molecular complexity index is 587.